The standard InChI is InChI=1S/C23H19N5/c1-4-18-7-9-20(10-8-18)26-23-25-13-11-21(28-23)27-22-16(2)14-19(6-5-12-24)15-17(22)3/h1,5-11,13-15H,2-3H3,(H2,25,26,27,28)/b6-5+/i2D3. The third-order valence-corrected chi connectivity index (χ3v) is 3.92. The summed E-state index contributed by atoms with van der Waals surface area (Å²) in [6.07, 6.45) is 9.83. The number of hydrogen-bond donors (Lipinski definition) is 2. The molecule has 0 amide bonds. The number of anilines is 4. The zero-order chi connectivity index (χ0) is 22.4. The van der Waals surface area contributed by atoms with E-state index >= 15 is 0 Å². The second-order valence-electron chi connectivity index (χ2n) is 5.96. The lowest BCUT2D eigenvalue weighted by Crippen LogP contribution is -2.02. The monoisotopic (exact) mass is 368 g/mol. The van der Waals surface area contributed by atoms with E-state index in [2.05, 4.69) is 26.5 Å². The first-order valence-electron chi connectivity index (χ1n) is 9.95. The van der Waals surface area contributed by atoms with Crippen molar-refractivity contribution in [3.05, 3.63) is 77.0 Å². The van der Waals surface area contributed by atoms with E-state index in [4.69, 9.17) is 15.8 Å². The van der Waals surface area contributed by atoms with Crippen LogP contribution in [0.4, 0.5) is 23.1 Å². The maximum atomic E-state index is 8.74. The van der Waals surface area contributed by atoms with Crippen LogP contribution in [0.25, 0.3) is 6.08 Å². The van der Waals surface area contributed by atoms with Gasteiger partial charge in [-0.15, -0.1) is 6.42 Å². The summed E-state index contributed by atoms with van der Waals surface area (Å²) in [5.74, 6) is 3.34. The van der Waals surface area contributed by atoms with Crippen molar-refractivity contribution in [2.45, 2.75) is 13.8 Å². The van der Waals surface area contributed by atoms with Crippen molar-refractivity contribution in [3.63, 3.8) is 0 Å². The van der Waals surface area contributed by atoms with Gasteiger partial charge in [0.25, 0.3) is 0 Å². The van der Waals surface area contributed by atoms with Crippen LogP contribution in [-0.2, 0) is 0 Å². The molecule has 0 fully saturated rings. The molecule has 2 aromatic carbocycles. The van der Waals surface area contributed by atoms with Gasteiger partial charge in [0.15, 0.2) is 0 Å². The molecule has 0 aliphatic rings. The minimum atomic E-state index is -2.35. The van der Waals surface area contributed by atoms with Crippen LogP contribution in [0.5, 0.6) is 0 Å². The molecule has 3 aromatic rings. The Morgan fingerprint density at radius 2 is 1.93 bits per heavy atom. The molecule has 2 N–H and O–H groups in total. The zero-order valence-corrected chi connectivity index (χ0v) is 15.2. The molecule has 3 rings (SSSR count). The third kappa shape index (κ3) is 4.55. The van der Waals surface area contributed by atoms with E-state index in [1.54, 1.807) is 49.5 Å². The second-order valence-corrected chi connectivity index (χ2v) is 5.96. The Bertz CT molecular complexity index is 1200. The smallest absolute Gasteiger partial charge is 0.229 e. The van der Waals surface area contributed by atoms with Gasteiger partial charge in [0, 0.05) is 33.3 Å². The van der Waals surface area contributed by atoms with Crippen molar-refractivity contribution in [1.29, 1.82) is 5.26 Å². The maximum Gasteiger partial charge on any atom is 0.229 e. The van der Waals surface area contributed by atoms with Crippen LogP contribution >= 0.6 is 0 Å². The summed E-state index contributed by atoms with van der Waals surface area (Å²) < 4.78 is 23.8. The van der Waals surface area contributed by atoms with Crippen LogP contribution in [0.2, 0.25) is 0 Å². The van der Waals surface area contributed by atoms with E-state index in [9.17, 15) is 0 Å². The molecule has 0 aliphatic heterocycles. The minimum absolute atomic E-state index is 0.142. The number of aryl methyl sites for hydroxylation is 2. The van der Waals surface area contributed by atoms with Gasteiger partial charge < -0.3 is 10.6 Å². The van der Waals surface area contributed by atoms with Gasteiger partial charge in [0.2, 0.25) is 5.95 Å². The van der Waals surface area contributed by atoms with Gasteiger partial charge >= 0.3 is 0 Å². The van der Waals surface area contributed by atoms with Crippen LogP contribution < -0.4 is 10.6 Å². The fraction of sp³-hybridized carbons (Fsp3) is 0.0870. The molecule has 5 nitrogen and oxygen atoms in total. The van der Waals surface area contributed by atoms with Crippen molar-refractivity contribution in [3.8, 4) is 18.4 Å². The summed E-state index contributed by atoms with van der Waals surface area (Å²) in [6.45, 7) is -0.550. The number of aromatic nitrogens is 2. The first-order chi connectivity index (χ1) is 14.8. The fourth-order valence-electron chi connectivity index (χ4n) is 2.61. The highest BCUT2D eigenvalue weighted by Gasteiger charge is 2.07. The predicted molar refractivity (Wildman–Crippen MR) is 114 cm³/mol. The van der Waals surface area contributed by atoms with E-state index in [1.165, 1.54) is 6.08 Å². The fourth-order valence-corrected chi connectivity index (χ4v) is 2.61. The van der Waals surface area contributed by atoms with Gasteiger partial charge in [-0.1, -0.05) is 5.92 Å². The molecule has 0 bridgehead atoms. The predicted octanol–water partition coefficient (Wildman–Crippen LogP) is 5.10. The van der Waals surface area contributed by atoms with Crippen molar-refractivity contribution in [2.24, 2.45) is 0 Å². The number of benzene rings is 2. The SMILES string of the molecule is [2H]C([2H])([2H])c1cc(/C=C/C#N)cc(C)c1Nc1ccnc(Nc2ccc(C#C)cc2)n1. The molecule has 0 aliphatic carbocycles. The first kappa shape index (κ1) is 15.0. The molecule has 1 aromatic heterocycles. The zero-order valence-electron chi connectivity index (χ0n) is 18.2. The Hall–Kier alpha value is -4.09. The van der Waals surface area contributed by atoms with Crippen molar-refractivity contribution < 1.29 is 4.11 Å². The summed E-state index contributed by atoms with van der Waals surface area (Å²) in [5, 5.41) is 14.9. The summed E-state index contributed by atoms with van der Waals surface area (Å²) in [6, 6.07) is 14.2. The van der Waals surface area contributed by atoms with Gasteiger partial charge in [0.05, 0.1) is 6.07 Å². The third-order valence-electron chi connectivity index (χ3n) is 3.92. The van der Waals surface area contributed by atoms with E-state index in [1.807, 2.05) is 18.2 Å². The second kappa shape index (κ2) is 8.53. The minimum Gasteiger partial charge on any atom is -0.340 e. The lowest BCUT2D eigenvalue weighted by Gasteiger charge is -2.14. The summed E-state index contributed by atoms with van der Waals surface area (Å²) in [7, 11) is 0. The van der Waals surface area contributed by atoms with Crippen LogP contribution in [0.15, 0.2) is 54.7 Å². The normalized spacial score (nSPS) is 12.3. The van der Waals surface area contributed by atoms with Gasteiger partial charge in [0.1, 0.15) is 5.82 Å². The van der Waals surface area contributed by atoms with Crippen LogP contribution in [0, 0.1) is 37.5 Å². The summed E-state index contributed by atoms with van der Waals surface area (Å²) in [4.78, 5) is 8.63. The highest BCUT2D eigenvalue weighted by molar-refractivity contribution is 5.69. The molecule has 0 saturated carbocycles. The molecule has 0 unspecified atom stereocenters. The number of nitrogens with zero attached hydrogens (tertiary/aromatic N) is 3. The summed E-state index contributed by atoms with van der Waals surface area (Å²) >= 11 is 0. The van der Waals surface area contributed by atoms with Gasteiger partial charge in [-0.05, 0) is 79.0 Å². The molecular formula is C23H19N5. The largest absolute Gasteiger partial charge is 0.340 e. The average molecular weight is 368 g/mol. The Kier molecular flexibility index (Phi) is 4.57. The van der Waals surface area contributed by atoms with Gasteiger partial charge in [-0.25, -0.2) is 4.98 Å². The van der Waals surface area contributed by atoms with Crippen molar-refractivity contribution in [2.75, 3.05) is 10.6 Å². The van der Waals surface area contributed by atoms with E-state index < -0.39 is 6.85 Å². The van der Waals surface area contributed by atoms with Crippen LogP contribution in [0.3, 0.4) is 0 Å². The van der Waals surface area contributed by atoms with Gasteiger partial charge in [-0.2, -0.15) is 10.2 Å². The molecule has 1 heterocycles. The van der Waals surface area contributed by atoms with E-state index in [0.717, 1.165) is 11.3 Å². The molecule has 5 heteroatoms. The number of nitrogens with one attached hydrogen (secondary N) is 2. The lowest BCUT2D eigenvalue weighted by molar-refractivity contribution is 1.16. The highest BCUT2D eigenvalue weighted by atomic mass is 15.1. The topological polar surface area (TPSA) is 73.6 Å². The molecular weight excluding hydrogens is 346 g/mol. The van der Waals surface area contributed by atoms with E-state index in [-0.39, 0.29) is 5.56 Å². The van der Waals surface area contributed by atoms with E-state index in [0.29, 0.717) is 28.6 Å². The molecule has 136 valence electrons. The number of rotatable bonds is 5. The molecule has 0 atom stereocenters. The molecule has 0 radical (unpaired) electrons. The quantitative estimate of drug-likeness (QED) is 0.484. The van der Waals surface area contributed by atoms with Crippen LogP contribution in [0.1, 0.15) is 26.4 Å². The number of terminal acetylenes is 1. The Morgan fingerprint density at radius 1 is 1.14 bits per heavy atom. The number of allylic oxidation sites excluding steroid dienone is 1. The highest BCUT2D eigenvalue weighted by Crippen LogP contribution is 2.26. The lowest BCUT2D eigenvalue weighted by atomic mass is 10.0. The summed E-state index contributed by atoms with van der Waals surface area (Å²) in [5.41, 5.74) is 3.47. The number of hydrogen-bond acceptors (Lipinski definition) is 5. The van der Waals surface area contributed by atoms with Crippen molar-refractivity contribution in [1.82, 2.24) is 9.97 Å². The molecule has 0 spiro atoms. The van der Waals surface area contributed by atoms with Gasteiger partial charge in [-0.3, -0.25) is 0 Å². The molecule has 0 saturated heterocycles. The van der Waals surface area contributed by atoms with Crippen molar-refractivity contribution >= 4 is 29.2 Å². The Morgan fingerprint density at radius 3 is 2.64 bits per heavy atom. The average Bonchev–Trinajstić information content (AvgIpc) is 2.74. The maximum absolute atomic E-state index is 8.74. The first-order valence-corrected chi connectivity index (χ1v) is 8.45. The Balaban J connectivity index is 1.91. The molecule has 28 heavy (non-hydrogen) atoms. The van der Waals surface area contributed by atoms with Crippen LogP contribution in [-0.4, -0.2) is 9.97 Å². The Labute approximate surface area is 169 Å². The number of nitriles is 1.